The number of halogens is 3. The molecule has 20 heavy (non-hydrogen) atoms. The number of para-hydroxylation sites is 1. The zero-order chi connectivity index (χ0) is 14.3. The minimum atomic E-state index is -4.50. The molecule has 0 bridgehead atoms. The van der Waals surface area contributed by atoms with Gasteiger partial charge < -0.3 is 5.73 Å². The van der Waals surface area contributed by atoms with Gasteiger partial charge >= 0.3 is 6.18 Å². The summed E-state index contributed by atoms with van der Waals surface area (Å²) in [6.45, 7) is 0. The van der Waals surface area contributed by atoms with Crippen LogP contribution < -0.4 is 5.73 Å². The maximum Gasteiger partial charge on any atom is 0.416 e. The third-order valence-corrected chi connectivity index (χ3v) is 2.73. The monoisotopic (exact) mass is 279 g/mol. The van der Waals surface area contributed by atoms with Gasteiger partial charge in [0.25, 0.3) is 0 Å². The molecule has 0 atom stereocenters. The van der Waals surface area contributed by atoms with Crippen molar-refractivity contribution in [3.63, 3.8) is 0 Å². The highest BCUT2D eigenvalue weighted by molar-refractivity contribution is 5.75. The van der Waals surface area contributed by atoms with Crippen LogP contribution in [-0.2, 0) is 6.18 Å². The number of hydrogen-bond acceptors (Lipinski definition) is 4. The van der Waals surface area contributed by atoms with Gasteiger partial charge in [0, 0.05) is 0 Å². The SMILES string of the molecule is Nc1cc(C(F)(F)F)cc(-n2nnc3ccccc32)n1. The molecule has 0 unspecified atom stereocenters. The van der Waals surface area contributed by atoms with Crippen LogP contribution in [-0.4, -0.2) is 20.0 Å². The molecule has 0 aliphatic heterocycles. The van der Waals surface area contributed by atoms with E-state index in [1.165, 1.54) is 4.68 Å². The molecule has 2 N–H and O–H groups in total. The van der Waals surface area contributed by atoms with E-state index in [9.17, 15) is 13.2 Å². The lowest BCUT2D eigenvalue weighted by Crippen LogP contribution is -2.10. The number of pyridine rings is 1. The second-order valence-electron chi connectivity index (χ2n) is 4.13. The summed E-state index contributed by atoms with van der Waals surface area (Å²) in [5.74, 6) is -0.250. The molecular formula is C12H8F3N5. The van der Waals surface area contributed by atoms with Gasteiger partial charge in [-0.25, -0.2) is 4.98 Å². The van der Waals surface area contributed by atoms with Gasteiger partial charge in [0.1, 0.15) is 11.3 Å². The van der Waals surface area contributed by atoms with E-state index in [-0.39, 0.29) is 11.6 Å². The second kappa shape index (κ2) is 4.19. The van der Waals surface area contributed by atoms with E-state index < -0.39 is 11.7 Å². The van der Waals surface area contributed by atoms with E-state index in [1.54, 1.807) is 24.3 Å². The fourth-order valence-corrected chi connectivity index (χ4v) is 1.85. The Balaban J connectivity index is 2.22. The lowest BCUT2D eigenvalue weighted by molar-refractivity contribution is -0.137. The van der Waals surface area contributed by atoms with E-state index in [0.717, 1.165) is 12.1 Å². The lowest BCUT2D eigenvalue weighted by atomic mass is 10.2. The molecule has 0 aliphatic rings. The lowest BCUT2D eigenvalue weighted by Gasteiger charge is -2.09. The van der Waals surface area contributed by atoms with Gasteiger partial charge in [-0.2, -0.15) is 17.9 Å². The van der Waals surface area contributed by atoms with Crippen molar-refractivity contribution in [2.24, 2.45) is 0 Å². The van der Waals surface area contributed by atoms with Gasteiger partial charge in [0.05, 0.1) is 11.1 Å². The van der Waals surface area contributed by atoms with Crippen molar-refractivity contribution in [1.29, 1.82) is 0 Å². The summed E-state index contributed by atoms with van der Waals surface area (Å²) >= 11 is 0. The van der Waals surface area contributed by atoms with E-state index in [0.29, 0.717) is 11.0 Å². The average Bonchev–Trinajstić information content (AvgIpc) is 2.80. The number of nitrogens with zero attached hydrogens (tertiary/aromatic N) is 4. The molecular weight excluding hydrogens is 271 g/mol. The molecule has 0 saturated heterocycles. The summed E-state index contributed by atoms with van der Waals surface area (Å²) in [6.07, 6.45) is -4.50. The van der Waals surface area contributed by atoms with Crippen LogP contribution in [0.1, 0.15) is 5.56 Å². The Morgan fingerprint density at radius 3 is 2.60 bits per heavy atom. The summed E-state index contributed by atoms with van der Waals surface area (Å²) in [5.41, 5.74) is 5.67. The molecule has 2 aromatic heterocycles. The molecule has 0 amide bonds. The van der Waals surface area contributed by atoms with E-state index in [4.69, 9.17) is 5.73 Å². The zero-order valence-corrected chi connectivity index (χ0v) is 9.96. The van der Waals surface area contributed by atoms with Gasteiger partial charge in [-0.1, -0.05) is 17.3 Å². The summed E-state index contributed by atoms with van der Waals surface area (Å²) < 4.78 is 39.5. The largest absolute Gasteiger partial charge is 0.416 e. The number of nitrogens with two attached hydrogens (primary N) is 1. The highest BCUT2D eigenvalue weighted by Gasteiger charge is 2.31. The standard InChI is InChI=1S/C12H8F3N5/c13-12(14,15)7-5-10(16)17-11(6-7)20-9-4-2-1-3-8(9)18-19-20/h1-6H,(H2,16,17). The maximum atomic E-state index is 12.8. The van der Waals surface area contributed by atoms with Crippen molar-refractivity contribution in [3.05, 3.63) is 42.0 Å². The highest BCUT2D eigenvalue weighted by Crippen LogP contribution is 2.31. The van der Waals surface area contributed by atoms with Crippen LogP contribution in [0.4, 0.5) is 19.0 Å². The number of nitrogen functional groups attached to an aromatic ring is 1. The predicted octanol–water partition coefficient (Wildman–Crippen LogP) is 2.42. The van der Waals surface area contributed by atoms with Crippen LogP contribution in [0.5, 0.6) is 0 Å². The van der Waals surface area contributed by atoms with Crippen molar-refractivity contribution in [2.75, 3.05) is 5.73 Å². The molecule has 2 heterocycles. The Kier molecular flexibility index (Phi) is 2.60. The zero-order valence-electron chi connectivity index (χ0n) is 9.96. The average molecular weight is 279 g/mol. The number of rotatable bonds is 1. The van der Waals surface area contributed by atoms with E-state index in [2.05, 4.69) is 15.3 Å². The van der Waals surface area contributed by atoms with Crippen LogP contribution in [0.3, 0.4) is 0 Å². The molecule has 3 aromatic rings. The number of alkyl halides is 3. The normalized spacial score (nSPS) is 11.9. The number of anilines is 1. The molecule has 102 valence electrons. The molecule has 0 fully saturated rings. The second-order valence-corrected chi connectivity index (χ2v) is 4.13. The Morgan fingerprint density at radius 1 is 1.10 bits per heavy atom. The van der Waals surface area contributed by atoms with Gasteiger partial charge in [-0.05, 0) is 24.3 Å². The fraction of sp³-hybridized carbons (Fsp3) is 0.0833. The Morgan fingerprint density at radius 2 is 1.85 bits per heavy atom. The first-order valence-corrected chi connectivity index (χ1v) is 5.61. The highest BCUT2D eigenvalue weighted by atomic mass is 19.4. The number of fused-ring (bicyclic) bond motifs is 1. The van der Waals surface area contributed by atoms with Crippen LogP contribution in [0.2, 0.25) is 0 Å². The molecule has 5 nitrogen and oxygen atoms in total. The molecule has 8 heteroatoms. The number of hydrogen-bond donors (Lipinski definition) is 1. The predicted molar refractivity (Wildman–Crippen MR) is 66.1 cm³/mol. The summed E-state index contributed by atoms with van der Waals surface area (Å²) in [4.78, 5) is 3.88. The first kappa shape index (κ1) is 12.4. The van der Waals surface area contributed by atoms with Gasteiger partial charge in [0.2, 0.25) is 0 Å². The smallest absolute Gasteiger partial charge is 0.384 e. The first-order chi connectivity index (χ1) is 9.45. The first-order valence-electron chi connectivity index (χ1n) is 5.61. The molecule has 1 aromatic carbocycles. The Bertz CT molecular complexity index is 778. The molecule has 0 aliphatic carbocycles. The van der Waals surface area contributed by atoms with Crippen molar-refractivity contribution in [2.45, 2.75) is 6.18 Å². The van der Waals surface area contributed by atoms with Crippen LogP contribution in [0, 0.1) is 0 Å². The topological polar surface area (TPSA) is 69.6 Å². The molecule has 0 spiro atoms. The minimum absolute atomic E-state index is 0.0222. The van der Waals surface area contributed by atoms with Crippen molar-refractivity contribution in [3.8, 4) is 5.82 Å². The van der Waals surface area contributed by atoms with Crippen LogP contribution >= 0.6 is 0 Å². The summed E-state index contributed by atoms with van der Waals surface area (Å²) in [6, 6.07) is 8.55. The molecule has 3 rings (SSSR count). The third kappa shape index (κ3) is 2.04. The number of benzene rings is 1. The Hall–Kier alpha value is -2.64. The maximum absolute atomic E-state index is 12.8. The van der Waals surface area contributed by atoms with Gasteiger partial charge in [-0.3, -0.25) is 0 Å². The van der Waals surface area contributed by atoms with Crippen molar-refractivity contribution in [1.82, 2.24) is 20.0 Å². The fourth-order valence-electron chi connectivity index (χ4n) is 1.85. The van der Waals surface area contributed by atoms with E-state index in [1.807, 2.05) is 0 Å². The number of aromatic nitrogens is 4. The van der Waals surface area contributed by atoms with Crippen LogP contribution in [0.15, 0.2) is 36.4 Å². The van der Waals surface area contributed by atoms with Crippen LogP contribution in [0.25, 0.3) is 16.9 Å². The van der Waals surface area contributed by atoms with E-state index >= 15 is 0 Å². The quantitative estimate of drug-likeness (QED) is 0.742. The Labute approximate surface area is 110 Å². The van der Waals surface area contributed by atoms with Crippen molar-refractivity contribution >= 4 is 16.9 Å². The molecule has 0 radical (unpaired) electrons. The third-order valence-electron chi connectivity index (χ3n) is 2.73. The summed E-state index contributed by atoms with van der Waals surface area (Å²) in [5, 5.41) is 7.68. The van der Waals surface area contributed by atoms with Crippen molar-refractivity contribution < 1.29 is 13.2 Å². The van der Waals surface area contributed by atoms with Gasteiger partial charge in [-0.15, -0.1) is 5.10 Å². The summed E-state index contributed by atoms with van der Waals surface area (Å²) in [7, 11) is 0. The van der Waals surface area contributed by atoms with Gasteiger partial charge in [0.15, 0.2) is 5.82 Å². The minimum Gasteiger partial charge on any atom is -0.384 e. The molecule has 0 saturated carbocycles.